The molecule has 0 saturated heterocycles. The summed E-state index contributed by atoms with van der Waals surface area (Å²) in [5, 5.41) is 0. The van der Waals surface area contributed by atoms with Gasteiger partial charge in [-0.2, -0.15) is 0 Å². The lowest BCUT2D eigenvalue weighted by Crippen LogP contribution is -2.35. The minimum Gasteiger partial charge on any atom is -0.337 e. The molecule has 0 radical (unpaired) electrons. The van der Waals surface area contributed by atoms with E-state index in [0.717, 1.165) is 11.1 Å². The van der Waals surface area contributed by atoms with Crippen LogP contribution in [0.5, 0.6) is 0 Å². The van der Waals surface area contributed by atoms with Gasteiger partial charge in [-0.25, -0.2) is 0 Å². The molecule has 2 aromatic carbocycles. The van der Waals surface area contributed by atoms with Gasteiger partial charge in [0.1, 0.15) is 0 Å². The number of hydrogen-bond donors (Lipinski definition) is 1. The Labute approximate surface area is 126 Å². The molecule has 2 N–H and O–H groups in total. The molecule has 0 spiro atoms. The maximum absolute atomic E-state index is 12.5. The molecule has 0 aromatic heterocycles. The molecule has 0 aliphatic heterocycles. The molecule has 0 saturated carbocycles. The fourth-order valence-electron chi connectivity index (χ4n) is 2.36. The van der Waals surface area contributed by atoms with Crippen LogP contribution in [0.25, 0.3) is 0 Å². The average molecular weight is 282 g/mol. The standard InChI is InChI=1S/C18H22N2O/c1-15-6-5-9-17(12-15)13-18(21)20(11-10-19)14-16-7-3-2-4-8-16/h2-9,12H,10-11,13-14,19H2,1H3. The van der Waals surface area contributed by atoms with E-state index in [0.29, 0.717) is 26.1 Å². The van der Waals surface area contributed by atoms with Gasteiger partial charge in [0.25, 0.3) is 0 Å². The molecule has 2 rings (SSSR count). The Balaban J connectivity index is 2.05. The summed E-state index contributed by atoms with van der Waals surface area (Å²) in [5.41, 5.74) is 9.00. The van der Waals surface area contributed by atoms with Crippen LogP contribution in [-0.4, -0.2) is 23.9 Å². The van der Waals surface area contributed by atoms with Crippen molar-refractivity contribution in [3.8, 4) is 0 Å². The van der Waals surface area contributed by atoms with Gasteiger partial charge in [-0.05, 0) is 18.1 Å². The summed E-state index contributed by atoms with van der Waals surface area (Å²) in [7, 11) is 0. The van der Waals surface area contributed by atoms with Crippen LogP contribution in [0.1, 0.15) is 16.7 Å². The second-order valence-electron chi connectivity index (χ2n) is 5.26. The second-order valence-corrected chi connectivity index (χ2v) is 5.26. The second kappa shape index (κ2) is 7.60. The lowest BCUT2D eigenvalue weighted by Gasteiger charge is -2.22. The van der Waals surface area contributed by atoms with Crippen molar-refractivity contribution in [2.24, 2.45) is 5.73 Å². The zero-order valence-corrected chi connectivity index (χ0v) is 12.5. The van der Waals surface area contributed by atoms with E-state index in [2.05, 4.69) is 6.07 Å². The van der Waals surface area contributed by atoms with Crippen molar-refractivity contribution >= 4 is 5.91 Å². The van der Waals surface area contributed by atoms with Crippen LogP contribution in [0.4, 0.5) is 0 Å². The van der Waals surface area contributed by atoms with E-state index in [9.17, 15) is 4.79 Å². The van der Waals surface area contributed by atoms with Crippen LogP contribution >= 0.6 is 0 Å². The van der Waals surface area contributed by atoms with E-state index in [1.54, 1.807) is 0 Å². The molecule has 0 aliphatic carbocycles. The quantitative estimate of drug-likeness (QED) is 0.885. The van der Waals surface area contributed by atoms with Crippen LogP contribution in [-0.2, 0) is 17.8 Å². The van der Waals surface area contributed by atoms with E-state index in [4.69, 9.17) is 5.73 Å². The first-order chi connectivity index (χ1) is 10.2. The Morgan fingerprint density at radius 2 is 1.76 bits per heavy atom. The normalized spacial score (nSPS) is 10.4. The van der Waals surface area contributed by atoms with Gasteiger partial charge in [0, 0.05) is 19.6 Å². The topological polar surface area (TPSA) is 46.3 Å². The highest BCUT2D eigenvalue weighted by atomic mass is 16.2. The van der Waals surface area contributed by atoms with Crippen molar-refractivity contribution in [1.29, 1.82) is 0 Å². The molecule has 0 atom stereocenters. The zero-order chi connectivity index (χ0) is 15.1. The van der Waals surface area contributed by atoms with Gasteiger partial charge in [0.05, 0.1) is 6.42 Å². The first-order valence-corrected chi connectivity index (χ1v) is 7.26. The van der Waals surface area contributed by atoms with Crippen LogP contribution in [0.3, 0.4) is 0 Å². The first kappa shape index (κ1) is 15.3. The third-order valence-electron chi connectivity index (χ3n) is 3.41. The Morgan fingerprint density at radius 1 is 1.05 bits per heavy atom. The molecule has 0 aliphatic rings. The Hall–Kier alpha value is -2.13. The molecule has 21 heavy (non-hydrogen) atoms. The Kier molecular flexibility index (Phi) is 5.52. The van der Waals surface area contributed by atoms with E-state index < -0.39 is 0 Å². The minimum absolute atomic E-state index is 0.120. The van der Waals surface area contributed by atoms with Crippen LogP contribution in [0, 0.1) is 6.92 Å². The highest BCUT2D eigenvalue weighted by molar-refractivity contribution is 5.78. The number of hydrogen-bond acceptors (Lipinski definition) is 2. The van der Waals surface area contributed by atoms with Crippen LogP contribution in [0.2, 0.25) is 0 Å². The molecule has 0 heterocycles. The lowest BCUT2D eigenvalue weighted by atomic mass is 10.1. The van der Waals surface area contributed by atoms with Crippen LogP contribution in [0.15, 0.2) is 54.6 Å². The summed E-state index contributed by atoms with van der Waals surface area (Å²) in [6, 6.07) is 18.1. The largest absolute Gasteiger partial charge is 0.337 e. The summed E-state index contributed by atoms with van der Waals surface area (Å²) in [5.74, 6) is 0.120. The fourth-order valence-corrected chi connectivity index (χ4v) is 2.36. The molecule has 0 bridgehead atoms. The fraction of sp³-hybridized carbons (Fsp3) is 0.278. The van der Waals surface area contributed by atoms with Crippen LogP contribution < -0.4 is 5.73 Å². The number of amides is 1. The summed E-state index contributed by atoms with van der Waals surface area (Å²) >= 11 is 0. The number of nitrogens with two attached hydrogens (primary N) is 1. The monoisotopic (exact) mass is 282 g/mol. The summed E-state index contributed by atoms with van der Waals surface area (Å²) in [6.45, 7) is 3.71. The number of carbonyl (C=O) groups is 1. The van der Waals surface area contributed by atoms with Gasteiger partial charge in [0.15, 0.2) is 0 Å². The molecule has 3 heteroatoms. The van der Waals surface area contributed by atoms with Gasteiger partial charge >= 0.3 is 0 Å². The van der Waals surface area contributed by atoms with Gasteiger partial charge < -0.3 is 10.6 Å². The molecule has 3 nitrogen and oxygen atoms in total. The van der Waals surface area contributed by atoms with Crippen molar-refractivity contribution < 1.29 is 4.79 Å². The van der Waals surface area contributed by atoms with E-state index in [-0.39, 0.29) is 5.91 Å². The van der Waals surface area contributed by atoms with Crippen molar-refractivity contribution in [3.63, 3.8) is 0 Å². The summed E-state index contributed by atoms with van der Waals surface area (Å²) < 4.78 is 0. The zero-order valence-electron chi connectivity index (χ0n) is 12.5. The Morgan fingerprint density at radius 3 is 2.43 bits per heavy atom. The van der Waals surface area contributed by atoms with Gasteiger partial charge in [-0.15, -0.1) is 0 Å². The maximum atomic E-state index is 12.5. The van der Waals surface area contributed by atoms with Crippen molar-refractivity contribution in [1.82, 2.24) is 4.90 Å². The molecule has 0 unspecified atom stereocenters. The molecular formula is C18H22N2O. The lowest BCUT2D eigenvalue weighted by molar-refractivity contribution is -0.131. The molecular weight excluding hydrogens is 260 g/mol. The van der Waals surface area contributed by atoms with Crippen molar-refractivity contribution in [2.75, 3.05) is 13.1 Å². The maximum Gasteiger partial charge on any atom is 0.227 e. The predicted molar refractivity (Wildman–Crippen MR) is 85.8 cm³/mol. The number of benzene rings is 2. The molecule has 1 amide bonds. The third kappa shape index (κ3) is 4.72. The summed E-state index contributed by atoms with van der Waals surface area (Å²) in [4.78, 5) is 14.3. The molecule has 110 valence electrons. The van der Waals surface area contributed by atoms with E-state index in [1.165, 1.54) is 5.56 Å². The van der Waals surface area contributed by atoms with E-state index in [1.807, 2.05) is 60.4 Å². The smallest absolute Gasteiger partial charge is 0.227 e. The number of carbonyl (C=O) groups excluding carboxylic acids is 1. The van der Waals surface area contributed by atoms with Crippen molar-refractivity contribution in [3.05, 3.63) is 71.3 Å². The minimum atomic E-state index is 0.120. The van der Waals surface area contributed by atoms with E-state index >= 15 is 0 Å². The average Bonchev–Trinajstić information content (AvgIpc) is 2.48. The highest BCUT2D eigenvalue weighted by Gasteiger charge is 2.13. The van der Waals surface area contributed by atoms with Gasteiger partial charge in [-0.3, -0.25) is 4.79 Å². The third-order valence-corrected chi connectivity index (χ3v) is 3.41. The first-order valence-electron chi connectivity index (χ1n) is 7.26. The van der Waals surface area contributed by atoms with Gasteiger partial charge in [0.2, 0.25) is 5.91 Å². The van der Waals surface area contributed by atoms with Crippen molar-refractivity contribution in [2.45, 2.75) is 19.9 Å². The number of rotatable bonds is 6. The SMILES string of the molecule is Cc1cccc(CC(=O)N(CCN)Cc2ccccc2)c1. The molecule has 0 fully saturated rings. The molecule has 2 aromatic rings. The number of aryl methyl sites for hydroxylation is 1. The predicted octanol–water partition coefficient (Wildman–Crippen LogP) is 2.53. The summed E-state index contributed by atoms with van der Waals surface area (Å²) in [6.07, 6.45) is 0.425. The van der Waals surface area contributed by atoms with Gasteiger partial charge in [-0.1, -0.05) is 60.2 Å². The Bertz CT molecular complexity index is 581. The number of nitrogens with zero attached hydrogens (tertiary/aromatic N) is 1. The highest BCUT2D eigenvalue weighted by Crippen LogP contribution is 2.09.